The van der Waals surface area contributed by atoms with Gasteiger partial charge in [-0.15, -0.1) is 0 Å². The van der Waals surface area contributed by atoms with Crippen LogP contribution in [0.1, 0.15) is 36.8 Å². The van der Waals surface area contributed by atoms with Gasteiger partial charge in [0.25, 0.3) is 0 Å². The first-order chi connectivity index (χ1) is 13.9. The molecule has 8 heteroatoms. The molecule has 0 radical (unpaired) electrons. The normalized spacial score (nSPS) is 19.0. The third-order valence-corrected chi connectivity index (χ3v) is 6.06. The summed E-state index contributed by atoms with van der Waals surface area (Å²) in [5.41, 5.74) is 6.19. The third-order valence-electron chi connectivity index (χ3n) is 5.80. The van der Waals surface area contributed by atoms with Gasteiger partial charge in [-0.25, -0.2) is 4.98 Å². The number of benzene rings is 1. The summed E-state index contributed by atoms with van der Waals surface area (Å²) in [5.74, 6) is 6.57. The van der Waals surface area contributed by atoms with Gasteiger partial charge in [0.2, 0.25) is 5.95 Å². The Balaban J connectivity index is 1.80. The van der Waals surface area contributed by atoms with Crippen molar-refractivity contribution in [3.63, 3.8) is 0 Å². The Morgan fingerprint density at radius 2 is 1.93 bits per heavy atom. The summed E-state index contributed by atoms with van der Waals surface area (Å²) in [4.78, 5) is 9.98. The average Bonchev–Trinajstić information content (AvgIpc) is 3.30. The Morgan fingerprint density at radius 1 is 1.21 bits per heavy atom. The highest BCUT2D eigenvalue weighted by molar-refractivity contribution is 6.33. The molecule has 1 aliphatic carbocycles. The molecule has 1 aliphatic heterocycles. The maximum atomic E-state index is 10.5. The fraction of sp³-hybridized carbons (Fsp3) is 0.429. The van der Waals surface area contributed by atoms with E-state index in [2.05, 4.69) is 21.8 Å². The van der Waals surface area contributed by atoms with E-state index < -0.39 is 11.0 Å². The number of aliphatic hydroxyl groups is 3. The number of halogens is 1. The Bertz CT molecular complexity index is 991. The Kier molecular flexibility index (Phi) is 5.13. The lowest BCUT2D eigenvalue weighted by molar-refractivity contribution is 0.110. The van der Waals surface area contributed by atoms with E-state index in [9.17, 15) is 15.3 Å². The van der Waals surface area contributed by atoms with Gasteiger partial charge in [0, 0.05) is 17.8 Å². The molecule has 0 bridgehead atoms. The van der Waals surface area contributed by atoms with Crippen LogP contribution in [0.2, 0.25) is 5.02 Å². The van der Waals surface area contributed by atoms with Crippen molar-refractivity contribution in [3.05, 3.63) is 40.5 Å². The van der Waals surface area contributed by atoms with Gasteiger partial charge in [-0.3, -0.25) is 0 Å². The van der Waals surface area contributed by atoms with Gasteiger partial charge in [0.1, 0.15) is 10.6 Å². The number of hydrogen-bond acceptors (Lipinski definition) is 7. The summed E-state index contributed by atoms with van der Waals surface area (Å²) >= 11 is 6.32. The van der Waals surface area contributed by atoms with Crippen LogP contribution in [0.3, 0.4) is 0 Å². The van der Waals surface area contributed by atoms with Crippen LogP contribution in [-0.4, -0.2) is 50.6 Å². The quantitative estimate of drug-likeness (QED) is 0.565. The van der Waals surface area contributed by atoms with Crippen molar-refractivity contribution in [3.8, 4) is 11.8 Å². The second-order valence-corrected chi connectivity index (χ2v) is 8.21. The number of rotatable bonds is 3. The maximum Gasteiger partial charge on any atom is 0.222 e. The van der Waals surface area contributed by atoms with Crippen molar-refractivity contribution >= 4 is 29.1 Å². The van der Waals surface area contributed by atoms with Crippen molar-refractivity contribution in [2.45, 2.75) is 36.7 Å². The zero-order valence-corrected chi connectivity index (χ0v) is 16.7. The van der Waals surface area contributed by atoms with Gasteiger partial charge in [-0.05, 0) is 43.4 Å². The van der Waals surface area contributed by atoms with E-state index in [4.69, 9.17) is 17.3 Å². The number of fused-ring (bicyclic) bond motifs is 1. The molecule has 1 saturated carbocycles. The Labute approximate surface area is 174 Å². The smallest absolute Gasteiger partial charge is 0.222 e. The molecule has 2 heterocycles. The molecule has 2 aliphatic rings. The van der Waals surface area contributed by atoms with E-state index in [1.54, 1.807) is 0 Å². The number of aliphatic hydroxyl groups excluding tert-OH is 2. The van der Waals surface area contributed by atoms with E-state index in [1.807, 2.05) is 23.1 Å². The summed E-state index contributed by atoms with van der Waals surface area (Å²) in [6.07, 6.45) is 4.75. The van der Waals surface area contributed by atoms with Crippen molar-refractivity contribution < 1.29 is 15.3 Å². The summed E-state index contributed by atoms with van der Waals surface area (Å²) in [5, 5.41) is 30.9. The van der Waals surface area contributed by atoms with E-state index in [-0.39, 0.29) is 25.7 Å². The van der Waals surface area contributed by atoms with E-state index >= 15 is 0 Å². The molecule has 29 heavy (non-hydrogen) atoms. The van der Waals surface area contributed by atoms with Gasteiger partial charge in [-0.2, -0.15) is 4.98 Å². The van der Waals surface area contributed by atoms with Crippen LogP contribution >= 0.6 is 11.6 Å². The predicted octanol–water partition coefficient (Wildman–Crippen LogP) is 1.74. The molecule has 2 aromatic rings. The van der Waals surface area contributed by atoms with E-state index in [1.165, 1.54) is 6.20 Å². The second kappa shape index (κ2) is 7.47. The first kappa shape index (κ1) is 19.9. The van der Waals surface area contributed by atoms with Gasteiger partial charge in [0.05, 0.1) is 24.8 Å². The van der Waals surface area contributed by atoms with Gasteiger partial charge in [0.15, 0.2) is 5.82 Å². The summed E-state index contributed by atoms with van der Waals surface area (Å²) < 4.78 is 0. The molecular weight excluding hydrogens is 392 g/mol. The summed E-state index contributed by atoms with van der Waals surface area (Å²) in [7, 11) is 0. The minimum absolute atomic E-state index is 0.0795. The predicted molar refractivity (Wildman–Crippen MR) is 111 cm³/mol. The van der Waals surface area contributed by atoms with Crippen LogP contribution in [0.25, 0.3) is 0 Å². The highest BCUT2D eigenvalue weighted by Crippen LogP contribution is 2.45. The fourth-order valence-electron chi connectivity index (χ4n) is 4.10. The molecule has 1 aromatic carbocycles. The van der Waals surface area contributed by atoms with Crippen molar-refractivity contribution in [1.29, 1.82) is 0 Å². The summed E-state index contributed by atoms with van der Waals surface area (Å²) in [6.45, 7) is -0.196. The molecule has 0 saturated heterocycles. The zero-order chi connectivity index (χ0) is 20.6. The first-order valence-corrected chi connectivity index (χ1v) is 9.95. The SMILES string of the molecule is Nc1ncc(Cl)c(N2CC(CO)(CO)c3ccc(C#CC4(O)CCCC4)cc32)n1. The first-order valence-electron chi connectivity index (χ1n) is 9.57. The molecule has 0 spiro atoms. The van der Waals surface area contributed by atoms with Crippen molar-refractivity contribution in [2.75, 3.05) is 30.4 Å². The molecule has 1 fully saturated rings. The number of hydrogen-bond donors (Lipinski definition) is 4. The highest BCUT2D eigenvalue weighted by atomic mass is 35.5. The highest BCUT2D eigenvalue weighted by Gasteiger charge is 2.43. The molecule has 4 rings (SSSR count). The largest absolute Gasteiger partial charge is 0.395 e. The van der Waals surface area contributed by atoms with Gasteiger partial charge < -0.3 is 26.0 Å². The average molecular weight is 415 g/mol. The third kappa shape index (κ3) is 3.53. The van der Waals surface area contributed by atoms with Crippen molar-refractivity contribution in [2.24, 2.45) is 0 Å². The van der Waals surface area contributed by atoms with Crippen LogP contribution in [0.4, 0.5) is 17.5 Å². The van der Waals surface area contributed by atoms with Gasteiger partial charge in [-0.1, -0.05) is 29.5 Å². The zero-order valence-electron chi connectivity index (χ0n) is 15.9. The molecule has 1 aromatic heterocycles. The number of nitrogen functional groups attached to an aromatic ring is 1. The summed E-state index contributed by atoms with van der Waals surface area (Å²) in [6, 6.07) is 5.55. The van der Waals surface area contributed by atoms with E-state index in [0.29, 0.717) is 23.7 Å². The molecular formula is C21H23ClN4O3. The van der Waals surface area contributed by atoms with Crippen LogP contribution in [-0.2, 0) is 5.41 Å². The minimum Gasteiger partial charge on any atom is -0.395 e. The van der Waals surface area contributed by atoms with Crippen LogP contribution in [0.5, 0.6) is 0 Å². The standard InChI is InChI=1S/C21H23ClN4O3/c22-16-10-24-19(23)25-18(16)26-11-20(12-27,13-28)15-4-3-14(9-17(15)26)5-8-21(29)6-1-2-7-21/h3-4,9-10,27-29H,1-2,6-7,11-13H2,(H2,23,24,25). The number of nitrogens with zero attached hydrogens (tertiary/aromatic N) is 3. The molecule has 152 valence electrons. The van der Waals surface area contributed by atoms with Crippen LogP contribution < -0.4 is 10.6 Å². The number of nitrogens with two attached hydrogens (primary N) is 1. The monoisotopic (exact) mass is 414 g/mol. The molecule has 5 N–H and O–H groups in total. The Hall–Kier alpha value is -2.37. The van der Waals surface area contributed by atoms with Crippen molar-refractivity contribution in [1.82, 2.24) is 9.97 Å². The molecule has 0 amide bonds. The lowest BCUT2D eigenvalue weighted by Gasteiger charge is -2.26. The fourth-order valence-corrected chi connectivity index (χ4v) is 4.29. The lowest BCUT2D eigenvalue weighted by Crippen LogP contribution is -2.39. The van der Waals surface area contributed by atoms with Crippen LogP contribution in [0.15, 0.2) is 24.4 Å². The number of aromatic nitrogens is 2. The lowest BCUT2D eigenvalue weighted by atomic mass is 9.84. The number of anilines is 3. The second-order valence-electron chi connectivity index (χ2n) is 7.80. The van der Waals surface area contributed by atoms with Gasteiger partial charge >= 0.3 is 0 Å². The van der Waals surface area contributed by atoms with E-state index in [0.717, 1.165) is 29.7 Å². The topological polar surface area (TPSA) is 116 Å². The molecule has 0 unspecified atom stereocenters. The molecule has 0 atom stereocenters. The van der Waals surface area contributed by atoms with Crippen LogP contribution in [0, 0.1) is 11.8 Å². The molecule has 7 nitrogen and oxygen atoms in total. The maximum absolute atomic E-state index is 10.5. The minimum atomic E-state index is -0.928. The Morgan fingerprint density at radius 3 is 2.62 bits per heavy atom.